The van der Waals surface area contributed by atoms with E-state index in [0.717, 1.165) is 59.6 Å². The highest BCUT2D eigenvalue weighted by atomic mass is 35.5. The van der Waals surface area contributed by atoms with E-state index in [0.29, 0.717) is 35.9 Å². The quantitative estimate of drug-likeness (QED) is 0.390. The molecule has 196 valence electrons. The molecule has 3 aromatic heterocycles. The number of aromatic nitrogens is 4. The molecule has 0 spiro atoms. The lowest BCUT2D eigenvalue weighted by atomic mass is 9.77. The average molecular weight is 522 g/mol. The molecule has 7 nitrogen and oxygen atoms in total. The van der Waals surface area contributed by atoms with Gasteiger partial charge in [-0.1, -0.05) is 31.5 Å². The molecule has 4 heterocycles. The normalized spacial score (nSPS) is 19.8. The average Bonchev–Trinajstić information content (AvgIpc) is 3.18. The minimum absolute atomic E-state index is 0.322. The number of carbonyl (C=O) groups excluding carboxylic acids is 1. The number of fused-ring (bicyclic) bond motifs is 3. The Hall–Kier alpha value is -2.93. The van der Waals surface area contributed by atoms with Crippen LogP contribution in [0.3, 0.4) is 0 Å². The highest BCUT2D eigenvalue weighted by molar-refractivity contribution is 6.30. The molecule has 1 amide bonds. The van der Waals surface area contributed by atoms with Gasteiger partial charge in [-0.05, 0) is 76.1 Å². The van der Waals surface area contributed by atoms with E-state index in [1.165, 1.54) is 5.69 Å². The van der Waals surface area contributed by atoms with Gasteiger partial charge in [-0.2, -0.15) is 5.10 Å². The van der Waals surface area contributed by atoms with E-state index in [-0.39, 0.29) is 6.09 Å². The molecule has 1 saturated carbocycles. The van der Waals surface area contributed by atoms with Gasteiger partial charge >= 0.3 is 6.09 Å². The summed E-state index contributed by atoms with van der Waals surface area (Å²) in [5.74, 6) is 1.22. The van der Waals surface area contributed by atoms with Crippen LogP contribution in [0.4, 0.5) is 4.79 Å². The number of hydrogen-bond donors (Lipinski definition) is 1. The maximum absolute atomic E-state index is 13.0. The van der Waals surface area contributed by atoms with Gasteiger partial charge < -0.3 is 4.74 Å². The van der Waals surface area contributed by atoms with E-state index in [2.05, 4.69) is 37.1 Å². The third kappa shape index (κ3) is 5.52. The first kappa shape index (κ1) is 25.7. The molecule has 0 aromatic carbocycles. The summed E-state index contributed by atoms with van der Waals surface area (Å²) < 4.78 is 5.69. The number of ether oxygens (including phenoxy) is 1. The van der Waals surface area contributed by atoms with Gasteiger partial charge in [0.25, 0.3) is 0 Å². The maximum atomic E-state index is 13.0. The van der Waals surface area contributed by atoms with Crippen molar-refractivity contribution in [1.82, 2.24) is 25.1 Å². The Morgan fingerprint density at radius 3 is 2.57 bits per heavy atom. The number of aromatic amines is 1. The highest BCUT2D eigenvalue weighted by Crippen LogP contribution is 2.44. The van der Waals surface area contributed by atoms with Crippen molar-refractivity contribution < 1.29 is 9.53 Å². The molecule has 8 heteroatoms. The molecule has 1 N–H and O–H groups in total. The number of nitrogens with zero attached hydrogens (tertiary/aromatic N) is 4. The van der Waals surface area contributed by atoms with Crippen LogP contribution in [0.2, 0.25) is 5.02 Å². The van der Waals surface area contributed by atoms with Crippen LogP contribution >= 0.6 is 11.6 Å². The fourth-order valence-electron chi connectivity index (χ4n) is 5.48. The van der Waals surface area contributed by atoms with Crippen LogP contribution in [0.1, 0.15) is 106 Å². The molecule has 1 aliphatic heterocycles. The molecular weight excluding hydrogens is 486 g/mol. The van der Waals surface area contributed by atoms with Gasteiger partial charge in [-0.15, -0.1) is 0 Å². The predicted octanol–water partition coefficient (Wildman–Crippen LogP) is 7.34. The first-order valence-corrected chi connectivity index (χ1v) is 13.6. The molecule has 1 fully saturated rings. The van der Waals surface area contributed by atoms with Gasteiger partial charge in [-0.3, -0.25) is 20.0 Å². The van der Waals surface area contributed by atoms with E-state index in [4.69, 9.17) is 31.4 Å². The molecule has 0 bridgehead atoms. The number of H-pyrrole nitrogens is 1. The third-order valence-electron chi connectivity index (χ3n) is 7.32. The van der Waals surface area contributed by atoms with Crippen LogP contribution in [0.15, 0.2) is 30.5 Å². The molecule has 3 aromatic rings. The van der Waals surface area contributed by atoms with E-state index < -0.39 is 5.60 Å². The lowest BCUT2D eigenvalue weighted by Crippen LogP contribution is -2.35. The SMILES string of the molecule is CC(C)c1cccc(C2CCC(c3n[nH]c4c3-c3ncc(Cl)cc3CN(C(=O)OC(C)(C)C)C4)CC2)n1. The summed E-state index contributed by atoms with van der Waals surface area (Å²) in [6, 6.07) is 8.33. The zero-order valence-corrected chi connectivity index (χ0v) is 23.1. The Balaban J connectivity index is 1.41. The topological polar surface area (TPSA) is 84.0 Å². The number of halogens is 1. The summed E-state index contributed by atoms with van der Waals surface area (Å²) in [6.07, 6.45) is 5.54. The van der Waals surface area contributed by atoms with Crippen LogP contribution in [0, 0.1) is 0 Å². The molecule has 5 rings (SSSR count). The first-order chi connectivity index (χ1) is 17.6. The number of amides is 1. The lowest BCUT2D eigenvalue weighted by Gasteiger charge is -2.28. The molecule has 2 aliphatic rings. The molecule has 0 atom stereocenters. The van der Waals surface area contributed by atoms with Gasteiger partial charge in [0, 0.05) is 35.0 Å². The maximum Gasteiger partial charge on any atom is 0.410 e. The van der Waals surface area contributed by atoms with Crippen LogP contribution in [-0.4, -0.2) is 36.8 Å². The second-order valence-electron chi connectivity index (χ2n) is 11.7. The van der Waals surface area contributed by atoms with E-state index in [1.54, 1.807) is 11.1 Å². The number of hydrogen-bond acceptors (Lipinski definition) is 5. The second-order valence-corrected chi connectivity index (χ2v) is 12.1. The van der Waals surface area contributed by atoms with Crippen LogP contribution in [-0.2, 0) is 17.8 Å². The Morgan fingerprint density at radius 1 is 1.14 bits per heavy atom. The van der Waals surface area contributed by atoms with Gasteiger partial charge in [0.2, 0.25) is 0 Å². The third-order valence-corrected chi connectivity index (χ3v) is 7.52. The van der Waals surface area contributed by atoms with Crippen molar-refractivity contribution >= 4 is 17.7 Å². The number of carbonyl (C=O) groups is 1. The molecule has 1 aliphatic carbocycles. The minimum Gasteiger partial charge on any atom is -0.444 e. The standard InChI is InChI=1S/C29H36ClN5O2/c1-17(2)22-7-6-8-23(32-22)18-9-11-19(12-10-18)27-25-24(33-34-27)16-35(28(36)37-29(3,4)5)15-20-13-21(30)14-31-26(20)25/h6-8,13-14,17-19H,9-12,15-16H2,1-5H3,(H,33,34). The van der Waals surface area contributed by atoms with Crippen molar-refractivity contribution in [3.05, 3.63) is 63.8 Å². The number of pyridine rings is 2. The van der Waals surface area contributed by atoms with Crippen molar-refractivity contribution in [2.75, 3.05) is 0 Å². The molecule has 0 saturated heterocycles. The smallest absolute Gasteiger partial charge is 0.410 e. The van der Waals surface area contributed by atoms with Crippen LogP contribution in [0.25, 0.3) is 11.3 Å². The van der Waals surface area contributed by atoms with Crippen LogP contribution in [0.5, 0.6) is 0 Å². The van der Waals surface area contributed by atoms with Crippen molar-refractivity contribution in [1.29, 1.82) is 0 Å². The van der Waals surface area contributed by atoms with Crippen molar-refractivity contribution in [2.24, 2.45) is 0 Å². The molecule has 0 radical (unpaired) electrons. The second kappa shape index (κ2) is 10.1. The van der Waals surface area contributed by atoms with Gasteiger partial charge in [0.05, 0.1) is 35.2 Å². The Labute approximate surface area is 224 Å². The summed E-state index contributed by atoms with van der Waals surface area (Å²) >= 11 is 6.33. The zero-order valence-electron chi connectivity index (χ0n) is 22.3. The summed E-state index contributed by atoms with van der Waals surface area (Å²) in [5.41, 5.74) is 6.49. The number of rotatable bonds is 3. The Morgan fingerprint density at radius 2 is 1.86 bits per heavy atom. The summed E-state index contributed by atoms with van der Waals surface area (Å²) in [5, 5.41) is 8.59. The Kier molecular flexibility index (Phi) is 7.01. The summed E-state index contributed by atoms with van der Waals surface area (Å²) in [4.78, 5) is 24.4. The van der Waals surface area contributed by atoms with Crippen LogP contribution < -0.4 is 0 Å². The van der Waals surface area contributed by atoms with Crippen molar-refractivity contribution in [3.8, 4) is 11.3 Å². The fraction of sp³-hybridized carbons (Fsp3) is 0.517. The first-order valence-electron chi connectivity index (χ1n) is 13.3. The minimum atomic E-state index is -0.580. The molecular formula is C29H36ClN5O2. The van der Waals surface area contributed by atoms with E-state index >= 15 is 0 Å². The van der Waals surface area contributed by atoms with Crippen molar-refractivity contribution in [2.45, 2.75) is 96.7 Å². The van der Waals surface area contributed by atoms with Gasteiger partial charge in [-0.25, -0.2) is 4.79 Å². The van der Waals surface area contributed by atoms with Gasteiger partial charge in [0.15, 0.2) is 0 Å². The fourth-order valence-corrected chi connectivity index (χ4v) is 5.66. The molecule has 37 heavy (non-hydrogen) atoms. The van der Waals surface area contributed by atoms with E-state index in [9.17, 15) is 4.79 Å². The summed E-state index contributed by atoms with van der Waals surface area (Å²) in [7, 11) is 0. The lowest BCUT2D eigenvalue weighted by molar-refractivity contribution is 0.0216. The summed E-state index contributed by atoms with van der Waals surface area (Å²) in [6.45, 7) is 10.8. The van der Waals surface area contributed by atoms with Crippen molar-refractivity contribution in [3.63, 3.8) is 0 Å². The van der Waals surface area contributed by atoms with Gasteiger partial charge in [0.1, 0.15) is 5.60 Å². The predicted molar refractivity (Wildman–Crippen MR) is 145 cm³/mol. The van der Waals surface area contributed by atoms with E-state index in [1.807, 2.05) is 26.8 Å². The highest BCUT2D eigenvalue weighted by Gasteiger charge is 2.34. The monoisotopic (exact) mass is 521 g/mol. The largest absolute Gasteiger partial charge is 0.444 e. The molecule has 0 unspecified atom stereocenters. The zero-order chi connectivity index (χ0) is 26.3. The Bertz CT molecular complexity index is 1290. The number of nitrogens with one attached hydrogen (secondary N) is 1.